The quantitative estimate of drug-likeness (QED) is 0.734. The molecule has 0 bridgehead atoms. The van der Waals surface area contributed by atoms with Gasteiger partial charge in [-0.05, 0) is 12.1 Å². The van der Waals surface area contributed by atoms with E-state index in [-0.39, 0.29) is 6.04 Å². The fourth-order valence-corrected chi connectivity index (χ4v) is 2.67. The third-order valence-electron chi connectivity index (χ3n) is 3.68. The topological polar surface area (TPSA) is 31.6 Å². The molecule has 1 N–H and O–H groups in total. The van der Waals surface area contributed by atoms with Crippen molar-refractivity contribution in [2.45, 2.75) is 6.04 Å². The Kier molecular flexibility index (Phi) is 6.05. The number of nitrogens with one attached hydrogen (secondary N) is 1. The van der Waals surface area contributed by atoms with E-state index >= 15 is 0 Å². The zero-order valence-corrected chi connectivity index (χ0v) is 12.1. The van der Waals surface area contributed by atoms with Gasteiger partial charge in [-0.3, -0.25) is 9.80 Å². The van der Waals surface area contributed by atoms with E-state index < -0.39 is 0 Å². The highest BCUT2D eigenvalue weighted by atomic mass is 16.3. The van der Waals surface area contributed by atoms with Crippen molar-refractivity contribution in [3.8, 4) is 0 Å². The van der Waals surface area contributed by atoms with Crippen LogP contribution in [0.3, 0.4) is 0 Å². The Morgan fingerprint density at radius 1 is 1.30 bits per heavy atom. The van der Waals surface area contributed by atoms with Crippen LogP contribution in [0.15, 0.2) is 48.1 Å². The van der Waals surface area contributed by atoms with Gasteiger partial charge in [0.25, 0.3) is 0 Å². The number of hydrogen-bond donors (Lipinski definition) is 1. The molecule has 2 rings (SSSR count). The first-order valence-electron chi connectivity index (χ1n) is 7.27. The summed E-state index contributed by atoms with van der Waals surface area (Å²) in [6.45, 7) is 14.7. The summed E-state index contributed by atoms with van der Waals surface area (Å²) in [5.41, 5.74) is 0. The van der Waals surface area contributed by atoms with E-state index in [1.807, 2.05) is 18.2 Å². The van der Waals surface area contributed by atoms with Crippen LogP contribution >= 0.6 is 0 Å². The molecule has 1 fully saturated rings. The summed E-state index contributed by atoms with van der Waals surface area (Å²) < 4.78 is 5.66. The van der Waals surface area contributed by atoms with E-state index in [9.17, 15) is 0 Å². The molecule has 0 aromatic carbocycles. The lowest BCUT2D eigenvalue weighted by Gasteiger charge is -2.35. The Morgan fingerprint density at radius 2 is 2.00 bits per heavy atom. The highest BCUT2D eigenvalue weighted by Crippen LogP contribution is 2.22. The van der Waals surface area contributed by atoms with Crippen molar-refractivity contribution in [3.05, 3.63) is 49.5 Å². The van der Waals surface area contributed by atoms with E-state index in [2.05, 4.69) is 34.3 Å². The smallest absolute Gasteiger partial charge is 0.122 e. The number of hydrogen-bond acceptors (Lipinski definition) is 4. The van der Waals surface area contributed by atoms with Crippen LogP contribution in [0.1, 0.15) is 11.8 Å². The monoisotopic (exact) mass is 275 g/mol. The molecule has 1 unspecified atom stereocenters. The van der Waals surface area contributed by atoms with Gasteiger partial charge in [-0.25, -0.2) is 0 Å². The average molecular weight is 275 g/mol. The predicted octanol–water partition coefficient (Wildman–Crippen LogP) is 1.90. The Bertz CT molecular complexity index is 386. The van der Waals surface area contributed by atoms with Crippen molar-refractivity contribution < 1.29 is 4.42 Å². The number of piperazine rings is 1. The SMILES string of the molecule is C=CCN(CC=C)C(CN1CCNCC1)c1ccco1. The molecule has 1 aromatic rings. The molecule has 2 heterocycles. The van der Waals surface area contributed by atoms with Gasteiger partial charge < -0.3 is 9.73 Å². The van der Waals surface area contributed by atoms with Gasteiger partial charge in [-0.15, -0.1) is 13.2 Å². The first-order chi connectivity index (χ1) is 9.85. The predicted molar refractivity (Wildman–Crippen MR) is 82.7 cm³/mol. The van der Waals surface area contributed by atoms with E-state index in [4.69, 9.17) is 4.42 Å². The van der Waals surface area contributed by atoms with Crippen LogP contribution in [0.25, 0.3) is 0 Å². The first kappa shape index (κ1) is 15.0. The molecule has 0 saturated carbocycles. The Morgan fingerprint density at radius 3 is 2.55 bits per heavy atom. The number of rotatable bonds is 8. The summed E-state index contributed by atoms with van der Waals surface area (Å²) in [7, 11) is 0. The van der Waals surface area contributed by atoms with Gasteiger partial charge in [0.05, 0.1) is 12.3 Å². The van der Waals surface area contributed by atoms with Crippen molar-refractivity contribution in [1.29, 1.82) is 0 Å². The third-order valence-corrected chi connectivity index (χ3v) is 3.68. The second-order valence-corrected chi connectivity index (χ2v) is 5.11. The number of furan rings is 1. The van der Waals surface area contributed by atoms with Crippen molar-refractivity contribution >= 4 is 0 Å². The molecule has 0 radical (unpaired) electrons. The molecule has 0 aliphatic carbocycles. The molecule has 1 aliphatic rings. The second-order valence-electron chi connectivity index (χ2n) is 5.11. The zero-order valence-electron chi connectivity index (χ0n) is 12.1. The van der Waals surface area contributed by atoms with Crippen LogP contribution in [0.5, 0.6) is 0 Å². The van der Waals surface area contributed by atoms with Gasteiger partial charge in [0.2, 0.25) is 0 Å². The molecule has 1 atom stereocenters. The van der Waals surface area contributed by atoms with Gasteiger partial charge >= 0.3 is 0 Å². The maximum absolute atomic E-state index is 5.66. The largest absolute Gasteiger partial charge is 0.468 e. The maximum Gasteiger partial charge on any atom is 0.122 e. The highest BCUT2D eigenvalue weighted by molar-refractivity contribution is 5.07. The average Bonchev–Trinajstić information content (AvgIpc) is 3.00. The lowest BCUT2D eigenvalue weighted by molar-refractivity contribution is 0.133. The first-order valence-corrected chi connectivity index (χ1v) is 7.27. The summed E-state index contributed by atoms with van der Waals surface area (Å²) in [5.74, 6) is 1.02. The van der Waals surface area contributed by atoms with Crippen molar-refractivity contribution in [2.24, 2.45) is 0 Å². The molecular formula is C16H25N3O. The van der Waals surface area contributed by atoms with Crippen LogP contribution in [-0.4, -0.2) is 55.6 Å². The van der Waals surface area contributed by atoms with Gasteiger partial charge in [-0.1, -0.05) is 12.2 Å². The standard InChI is InChI=1S/C16H25N3O/c1-3-9-19(10-4-2)15(16-6-5-13-20-16)14-18-11-7-17-8-12-18/h3-6,13,15,17H,1-2,7-12,14H2. The Hall–Kier alpha value is -1.36. The van der Waals surface area contributed by atoms with Crippen molar-refractivity contribution in [1.82, 2.24) is 15.1 Å². The van der Waals surface area contributed by atoms with Gasteiger partial charge in [0.1, 0.15) is 5.76 Å². The van der Waals surface area contributed by atoms with Gasteiger partial charge in [0.15, 0.2) is 0 Å². The minimum atomic E-state index is 0.249. The van der Waals surface area contributed by atoms with Crippen LogP contribution in [0.4, 0.5) is 0 Å². The minimum absolute atomic E-state index is 0.249. The van der Waals surface area contributed by atoms with Crippen LogP contribution in [-0.2, 0) is 0 Å². The molecule has 0 spiro atoms. The summed E-state index contributed by atoms with van der Waals surface area (Å²) >= 11 is 0. The van der Waals surface area contributed by atoms with Crippen LogP contribution in [0, 0.1) is 0 Å². The van der Waals surface area contributed by atoms with Crippen molar-refractivity contribution in [3.63, 3.8) is 0 Å². The molecule has 1 saturated heterocycles. The summed E-state index contributed by atoms with van der Waals surface area (Å²) in [4.78, 5) is 4.84. The van der Waals surface area contributed by atoms with Crippen LogP contribution in [0.2, 0.25) is 0 Å². The van der Waals surface area contributed by atoms with Gasteiger partial charge in [-0.2, -0.15) is 0 Å². The summed E-state index contributed by atoms with van der Waals surface area (Å²) in [6, 6.07) is 4.27. The minimum Gasteiger partial charge on any atom is -0.468 e. The summed E-state index contributed by atoms with van der Waals surface area (Å²) in [6.07, 6.45) is 5.63. The fourth-order valence-electron chi connectivity index (χ4n) is 2.67. The maximum atomic E-state index is 5.66. The molecule has 4 heteroatoms. The summed E-state index contributed by atoms with van der Waals surface area (Å²) in [5, 5.41) is 3.39. The Balaban J connectivity index is 2.09. The van der Waals surface area contributed by atoms with E-state index in [1.54, 1.807) is 6.26 Å². The molecule has 1 aliphatic heterocycles. The van der Waals surface area contributed by atoms with E-state index in [1.165, 1.54) is 0 Å². The lowest BCUT2D eigenvalue weighted by atomic mass is 10.1. The highest BCUT2D eigenvalue weighted by Gasteiger charge is 2.24. The molecule has 110 valence electrons. The van der Waals surface area contributed by atoms with E-state index in [0.717, 1.165) is 51.6 Å². The van der Waals surface area contributed by atoms with E-state index in [0.29, 0.717) is 0 Å². The Labute approximate surface area is 121 Å². The normalized spacial score (nSPS) is 18.1. The number of nitrogens with zero attached hydrogens (tertiary/aromatic N) is 2. The lowest BCUT2D eigenvalue weighted by Crippen LogP contribution is -2.47. The van der Waals surface area contributed by atoms with Gasteiger partial charge in [0, 0.05) is 45.8 Å². The van der Waals surface area contributed by atoms with Crippen LogP contribution < -0.4 is 5.32 Å². The third kappa shape index (κ3) is 4.07. The molecular weight excluding hydrogens is 250 g/mol. The fraction of sp³-hybridized carbons (Fsp3) is 0.500. The molecule has 1 aromatic heterocycles. The second kappa shape index (κ2) is 8.04. The zero-order chi connectivity index (χ0) is 14.2. The molecule has 0 amide bonds. The van der Waals surface area contributed by atoms with Crippen molar-refractivity contribution in [2.75, 3.05) is 45.8 Å². The molecule has 20 heavy (non-hydrogen) atoms. The molecule has 4 nitrogen and oxygen atoms in total.